The van der Waals surface area contributed by atoms with Gasteiger partial charge in [-0.1, -0.05) is 11.2 Å². The number of aryl methyl sites for hydroxylation is 2. The Balaban J connectivity index is 1.45. The van der Waals surface area contributed by atoms with Crippen molar-refractivity contribution in [3.8, 4) is 0 Å². The Hall–Kier alpha value is -3.16. The average molecular weight is 352 g/mol. The highest BCUT2D eigenvalue weighted by atomic mass is 16.5. The molecule has 1 aliphatic rings. The van der Waals surface area contributed by atoms with E-state index in [0.717, 1.165) is 28.4 Å². The second-order valence-electron chi connectivity index (χ2n) is 6.38. The van der Waals surface area contributed by atoms with Gasteiger partial charge in [-0.15, -0.1) is 0 Å². The van der Waals surface area contributed by atoms with Gasteiger partial charge >= 0.3 is 6.03 Å². The van der Waals surface area contributed by atoms with E-state index < -0.39 is 0 Å². The van der Waals surface area contributed by atoms with E-state index in [4.69, 9.17) is 4.52 Å². The molecule has 134 valence electrons. The molecular weight excluding hydrogens is 332 g/mol. The van der Waals surface area contributed by atoms with E-state index in [1.54, 1.807) is 26.9 Å². The summed E-state index contributed by atoms with van der Waals surface area (Å²) in [5.41, 5.74) is 3.56. The van der Waals surface area contributed by atoms with Crippen molar-refractivity contribution in [2.24, 2.45) is 0 Å². The smallest absolute Gasteiger partial charge is 0.325 e. The van der Waals surface area contributed by atoms with Gasteiger partial charge in [0.1, 0.15) is 5.76 Å². The highest BCUT2D eigenvalue weighted by molar-refractivity contribution is 5.93. The van der Waals surface area contributed by atoms with Crippen molar-refractivity contribution in [1.82, 2.24) is 24.8 Å². The molecule has 0 bridgehead atoms. The Kier molecular flexibility index (Phi) is 4.16. The van der Waals surface area contributed by atoms with Crippen molar-refractivity contribution >= 4 is 11.7 Å². The topological polar surface area (TPSA) is 80.3 Å². The summed E-state index contributed by atoms with van der Waals surface area (Å²) in [6, 6.07) is 5.71. The third-order valence-electron chi connectivity index (χ3n) is 4.61. The Morgan fingerprint density at radius 3 is 2.81 bits per heavy atom. The van der Waals surface area contributed by atoms with Gasteiger partial charge in [0.05, 0.1) is 36.4 Å². The summed E-state index contributed by atoms with van der Waals surface area (Å²) in [5, 5.41) is 8.35. The molecule has 3 aromatic rings. The van der Waals surface area contributed by atoms with Crippen LogP contribution in [0.3, 0.4) is 0 Å². The summed E-state index contributed by atoms with van der Waals surface area (Å²) in [6.45, 7) is 6.20. The zero-order valence-electron chi connectivity index (χ0n) is 14.8. The zero-order chi connectivity index (χ0) is 18.1. The first-order valence-electron chi connectivity index (χ1n) is 8.52. The molecule has 0 aliphatic carbocycles. The number of anilines is 1. The van der Waals surface area contributed by atoms with Gasteiger partial charge in [0.2, 0.25) is 0 Å². The standard InChI is InChI=1S/C18H20N6O2/c1-13-17(14(2)26-21-13)12-23-11-16(9-20-23)24-8-7-22(18(24)25)10-15-5-3-4-6-19-15/h3-6,9,11H,7-8,10,12H2,1-2H3. The van der Waals surface area contributed by atoms with Crippen LogP contribution in [0.15, 0.2) is 41.3 Å². The van der Waals surface area contributed by atoms with Gasteiger partial charge in [0, 0.05) is 31.0 Å². The fraction of sp³-hybridized carbons (Fsp3) is 0.333. The van der Waals surface area contributed by atoms with Crippen molar-refractivity contribution in [3.05, 3.63) is 59.5 Å². The van der Waals surface area contributed by atoms with Crippen LogP contribution >= 0.6 is 0 Å². The minimum Gasteiger partial charge on any atom is -0.361 e. The molecule has 4 rings (SSSR count). The summed E-state index contributed by atoms with van der Waals surface area (Å²) >= 11 is 0. The predicted octanol–water partition coefficient (Wildman–Crippen LogP) is 2.37. The first-order chi connectivity index (χ1) is 12.6. The van der Waals surface area contributed by atoms with Crippen molar-refractivity contribution in [2.45, 2.75) is 26.9 Å². The molecule has 0 atom stereocenters. The molecule has 8 heteroatoms. The number of amides is 2. The van der Waals surface area contributed by atoms with Crippen molar-refractivity contribution in [3.63, 3.8) is 0 Å². The van der Waals surface area contributed by atoms with E-state index >= 15 is 0 Å². The minimum absolute atomic E-state index is 0.0208. The van der Waals surface area contributed by atoms with Gasteiger partial charge in [0.25, 0.3) is 0 Å². The average Bonchev–Trinajstić information content (AvgIpc) is 3.33. The maximum Gasteiger partial charge on any atom is 0.325 e. The lowest BCUT2D eigenvalue weighted by Gasteiger charge is -2.17. The number of hydrogen-bond donors (Lipinski definition) is 0. The molecule has 0 aromatic carbocycles. The van der Waals surface area contributed by atoms with Gasteiger partial charge in [-0.25, -0.2) is 4.79 Å². The molecule has 8 nitrogen and oxygen atoms in total. The van der Waals surface area contributed by atoms with E-state index in [1.165, 1.54) is 0 Å². The highest BCUT2D eigenvalue weighted by Crippen LogP contribution is 2.22. The molecule has 0 saturated carbocycles. The number of hydrogen-bond acceptors (Lipinski definition) is 5. The number of pyridine rings is 1. The fourth-order valence-corrected chi connectivity index (χ4v) is 3.12. The summed E-state index contributed by atoms with van der Waals surface area (Å²) in [6.07, 6.45) is 5.35. The number of urea groups is 1. The van der Waals surface area contributed by atoms with E-state index in [-0.39, 0.29) is 6.03 Å². The van der Waals surface area contributed by atoms with Crippen LogP contribution in [0.1, 0.15) is 22.7 Å². The van der Waals surface area contributed by atoms with Crippen molar-refractivity contribution in [2.75, 3.05) is 18.0 Å². The molecule has 1 saturated heterocycles. The molecule has 26 heavy (non-hydrogen) atoms. The SMILES string of the molecule is Cc1noc(C)c1Cn1cc(N2CCN(Cc3ccccn3)C2=O)cn1. The number of carbonyl (C=O) groups is 1. The van der Waals surface area contributed by atoms with E-state index in [9.17, 15) is 4.79 Å². The molecule has 1 aliphatic heterocycles. The van der Waals surface area contributed by atoms with E-state index in [1.807, 2.05) is 38.2 Å². The van der Waals surface area contributed by atoms with Gasteiger partial charge in [-0.05, 0) is 26.0 Å². The lowest BCUT2D eigenvalue weighted by Crippen LogP contribution is -2.31. The Bertz CT molecular complexity index is 897. The number of carbonyl (C=O) groups excluding carboxylic acids is 1. The zero-order valence-corrected chi connectivity index (χ0v) is 14.8. The van der Waals surface area contributed by atoms with Gasteiger partial charge < -0.3 is 9.42 Å². The second kappa shape index (κ2) is 6.62. The van der Waals surface area contributed by atoms with Crippen LogP contribution < -0.4 is 4.90 Å². The third-order valence-corrected chi connectivity index (χ3v) is 4.61. The van der Waals surface area contributed by atoms with Gasteiger partial charge in [-0.2, -0.15) is 5.10 Å². The van der Waals surface area contributed by atoms with E-state index in [0.29, 0.717) is 26.2 Å². The quantitative estimate of drug-likeness (QED) is 0.704. The first-order valence-corrected chi connectivity index (χ1v) is 8.52. The summed E-state index contributed by atoms with van der Waals surface area (Å²) in [4.78, 5) is 20.5. The molecule has 1 fully saturated rings. The van der Waals surface area contributed by atoms with Crippen LogP contribution in [-0.2, 0) is 13.1 Å². The molecule has 3 aromatic heterocycles. The maximum absolute atomic E-state index is 12.7. The maximum atomic E-state index is 12.7. The largest absolute Gasteiger partial charge is 0.361 e. The van der Waals surface area contributed by atoms with Crippen molar-refractivity contribution in [1.29, 1.82) is 0 Å². The van der Waals surface area contributed by atoms with Crippen LogP contribution in [0.25, 0.3) is 0 Å². The predicted molar refractivity (Wildman–Crippen MR) is 94.7 cm³/mol. The van der Waals surface area contributed by atoms with Gasteiger partial charge in [-0.3, -0.25) is 14.6 Å². The molecule has 0 N–H and O–H groups in total. The van der Waals surface area contributed by atoms with E-state index in [2.05, 4.69) is 15.2 Å². The van der Waals surface area contributed by atoms with Crippen LogP contribution in [0.4, 0.5) is 10.5 Å². The molecule has 0 spiro atoms. The lowest BCUT2D eigenvalue weighted by atomic mass is 10.2. The normalized spacial score (nSPS) is 14.5. The highest BCUT2D eigenvalue weighted by Gasteiger charge is 2.30. The summed E-state index contributed by atoms with van der Waals surface area (Å²) in [5.74, 6) is 0.790. The third kappa shape index (κ3) is 3.05. The summed E-state index contributed by atoms with van der Waals surface area (Å²) in [7, 11) is 0. The number of rotatable bonds is 5. The summed E-state index contributed by atoms with van der Waals surface area (Å²) < 4.78 is 7.00. The van der Waals surface area contributed by atoms with Crippen LogP contribution in [0.2, 0.25) is 0 Å². The number of nitrogens with zero attached hydrogens (tertiary/aromatic N) is 6. The Labute approximate surface area is 151 Å². The van der Waals surface area contributed by atoms with Crippen molar-refractivity contribution < 1.29 is 9.32 Å². The van der Waals surface area contributed by atoms with Crippen LogP contribution in [0.5, 0.6) is 0 Å². The Morgan fingerprint density at radius 2 is 2.08 bits per heavy atom. The monoisotopic (exact) mass is 352 g/mol. The lowest BCUT2D eigenvalue weighted by molar-refractivity contribution is 0.218. The minimum atomic E-state index is -0.0208. The first kappa shape index (κ1) is 16.3. The molecule has 0 radical (unpaired) electrons. The second-order valence-corrected chi connectivity index (χ2v) is 6.38. The molecule has 2 amide bonds. The van der Waals surface area contributed by atoms with Gasteiger partial charge in [0.15, 0.2) is 0 Å². The van der Waals surface area contributed by atoms with Crippen LogP contribution in [0, 0.1) is 13.8 Å². The molecule has 4 heterocycles. The molecular formula is C18H20N6O2. The Morgan fingerprint density at radius 1 is 1.19 bits per heavy atom. The van der Waals surface area contributed by atoms with Crippen LogP contribution in [-0.4, -0.2) is 43.9 Å². The molecule has 0 unspecified atom stereocenters. The fourth-order valence-electron chi connectivity index (χ4n) is 3.12. The number of aromatic nitrogens is 4.